The number of nitrogens with one attached hydrogen (secondary N) is 1. The molecule has 5 heteroatoms. The van der Waals surface area contributed by atoms with Crippen LogP contribution in [-0.2, 0) is 11.3 Å². The van der Waals surface area contributed by atoms with Gasteiger partial charge >= 0.3 is 0 Å². The molecule has 2 aliphatic heterocycles. The molecule has 3 rings (SSSR count). The van der Waals surface area contributed by atoms with Crippen molar-refractivity contribution in [1.82, 2.24) is 15.1 Å². The number of rotatable bonds is 5. The zero-order valence-electron chi connectivity index (χ0n) is 14.9. The van der Waals surface area contributed by atoms with E-state index in [9.17, 15) is 0 Å². The second-order valence-electron chi connectivity index (χ2n) is 6.57. The molecule has 0 radical (unpaired) electrons. The highest BCUT2D eigenvalue weighted by Crippen LogP contribution is 2.24. The van der Waals surface area contributed by atoms with Crippen LogP contribution in [0.15, 0.2) is 35.3 Å². The summed E-state index contributed by atoms with van der Waals surface area (Å²) in [7, 11) is 0. The van der Waals surface area contributed by atoms with Crippen LogP contribution in [0.1, 0.15) is 25.8 Å². The van der Waals surface area contributed by atoms with Crippen molar-refractivity contribution in [3.05, 3.63) is 35.9 Å². The largest absolute Gasteiger partial charge is 0.373 e. The lowest BCUT2D eigenvalue weighted by Gasteiger charge is -2.36. The third-order valence-corrected chi connectivity index (χ3v) is 4.76. The van der Waals surface area contributed by atoms with Gasteiger partial charge in [-0.3, -0.25) is 9.89 Å². The van der Waals surface area contributed by atoms with E-state index < -0.39 is 0 Å². The van der Waals surface area contributed by atoms with E-state index in [1.807, 2.05) is 0 Å². The van der Waals surface area contributed by atoms with E-state index in [1.54, 1.807) is 0 Å². The fourth-order valence-corrected chi connectivity index (χ4v) is 3.59. The topological polar surface area (TPSA) is 40.1 Å². The van der Waals surface area contributed by atoms with Crippen LogP contribution in [0.25, 0.3) is 0 Å². The van der Waals surface area contributed by atoms with Crippen LogP contribution >= 0.6 is 0 Å². The number of ether oxygens (including phenoxy) is 1. The number of hydrogen-bond acceptors (Lipinski definition) is 3. The molecule has 5 nitrogen and oxygen atoms in total. The molecule has 1 aromatic carbocycles. The van der Waals surface area contributed by atoms with E-state index in [1.165, 1.54) is 5.56 Å². The molecule has 2 heterocycles. The van der Waals surface area contributed by atoms with Crippen molar-refractivity contribution in [1.29, 1.82) is 0 Å². The number of likely N-dealkylation sites (tertiary alicyclic amines) is 1. The molecule has 2 fully saturated rings. The van der Waals surface area contributed by atoms with Gasteiger partial charge in [0.2, 0.25) is 0 Å². The summed E-state index contributed by atoms with van der Waals surface area (Å²) in [5, 5.41) is 3.44. The summed E-state index contributed by atoms with van der Waals surface area (Å²) in [6, 6.07) is 11.2. The zero-order valence-corrected chi connectivity index (χ0v) is 14.9. The van der Waals surface area contributed by atoms with Crippen LogP contribution in [0.5, 0.6) is 0 Å². The Morgan fingerprint density at radius 3 is 2.83 bits per heavy atom. The van der Waals surface area contributed by atoms with Crippen molar-refractivity contribution in [3.8, 4) is 0 Å². The molecule has 0 saturated carbocycles. The molecule has 0 aliphatic carbocycles. The maximum atomic E-state index is 6.07. The van der Waals surface area contributed by atoms with Gasteiger partial charge in [-0.05, 0) is 18.9 Å². The maximum absolute atomic E-state index is 6.07. The quantitative estimate of drug-likeness (QED) is 0.662. The van der Waals surface area contributed by atoms with E-state index in [4.69, 9.17) is 9.73 Å². The van der Waals surface area contributed by atoms with Crippen molar-refractivity contribution in [2.45, 2.75) is 39.0 Å². The predicted octanol–water partition coefficient (Wildman–Crippen LogP) is 1.95. The number of benzene rings is 1. The number of morpholine rings is 1. The van der Waals surface area contributed by atoms with Gasteiger partial charge in [-0.1, -0.05) is 37.3 Å². The van der Waals surface area contributed by atoms with Gasteiger partial charge in [-0.2, -0.15) is 0 Å². The van der Waals surface area contributed by atoms with Gasteiger partial charge in [0, 0.05) is 39.3 Å². The SMILES string of the molecule is CCCN=C(NCC)N1CC2OCCN(Cc3ccccc3)C2C1. The summed E-state index contributed by atoms with van der Waals surface area (Å²) in [5.41, 5.74) is 1.38. The molecular weight excluding hydrogens is 300 g/mol. The summed E-state index contributed by atoms with van der Waals surface area (Å²) in [4.78, 5) is 9.69. The van der Waals surface area contributed by atoms with Gasteiger partial charge in [-0.15, -0.1) is 0 Å². The second-order valence-corrected chi connectivity index (χ2v) is 6.57. The molecule has 1 N–H and O–H groups in total. The standard InChI is InChI=1S/C19H30N4O/c1-3-10-21-19(20-4-2)23-14-17-18(15-23)24-12-11-22(17)13-16-8-6-5-7-9-16/h5-9,17-18H,3-4,10-15H2,1-2H3,(H,20,21). The normalized spacial score (nSPS) is 24.9. The second kappa shape index (κ2) is 8.49. The first-order valence-corrected chi connectivity index (χ1v) is 9.24. The van der Waals surface area contributed by atoms with Crippen molar-refractivity contribution in [2.75, 3.05) is 39.3 Å². The summed E-state index contributed by atoms with van der Waals surface area (Å²) in [5.74, 6) is 1.04. The van der Waals surface area contributed by atoms with Gasteiger partial charge in [0.15, 0.2) is 5.96 Å². The molecule has 2 aliphatic rings. The molecule has 1 aromatic rings. The molecule has 0 aromatic heterocycles. The van der Waals surface area contributed by atoms with E-state index in [2.05, 4.69) is 59.3 Å². The fraction of sp³-hybridized carbons (Fsp3) is 0.632. The Hall–Kier alpha value is -1.59. The molecule has 0 bridgehead atoms. The van der Waals surface area contributed by atoms with Gasteiger partial charge in [-0.25, -0.2) is 0 Å². The number of aliphatic imine (C=N–C) groups is 1. The van der Waals surface area contributed by atoms with Gasteiger partial charge < -0.3 is 15.0 Å². The van der Waals surface area contributed by atoms with Crippen molar-refractivity contribution in [3.63, 3.8) is 0 Å². The number of guanidine groups is 1. The smallest absolute Gasteiger partial charge is 0.194 e. The molecule has 2 saturated heterocycles. The van der Waals surface area contributed by atoms with E-state index >= 15 is 0 Å². The lowest BCUT2D eigenvalue weighted by molar-refractivity contribution is -0.0502. The third kappa shape index (κ3) is 4.08. The fourth-order valence-electron chi connectivity index (χ4n) is 3.59. The van der Waals surface area contributed by atoms with Crippen LogP contribution in [0.2, 0.25) is 0 Å². The highest BCUT2D eigenvalue weighted by molar-refractivity contribution is 5.80. The summed E-state index contributed by atoms with van der Waals surface area (Å²) < 4.78 is 6.07. The Bertz CT molecular complexity index is 533. The summed E-state index contributed by atoms with van der Waals surface area (Å²) >= 11 is 0. The third-order valence-electron chi connectivity index (χ3n) is 4.76. The average molecular weight is 330 g/mol. The Balaban J connectivity index is 1.67. The molecular formula is C19H30N4O. The summed E-state index contributed by atoms with van der Waals surface area (Å²) in [6.45, 7) is 10.8. The van der Waals surface area contributed by atoms with Crippen molar-refractivity contribution in [2.24, 2.45) is 4.99 Å². The zero-order chi connectivity index (χ0) is 16.8. The average Bonchev–Trinajstić information content (AvgIpc) is 3.05. The van der Waals surface area contributed by atoms with E-state index in [0.29, 0.717) is 6.04 Å². The van der Waals surface area contributed by atoms with Crippen LogP contribution < -0.4 is 5.32 Å². The highest BCUT2D eigenvalue weighted by Gasteiger charge is 2.41. The molecule has 2 unspecified atom stereocenters. The first kappa shape index (κ1) is 17.2. The molecule has 0 amide bonds. The molecule has 132 valence electrons. The summed E-state index contributed by atoms with van der Waals surface area (Å²) in [6.07, 6.45) is 1.36. The van der Waals surface area contributed by atoms with Crippen LogP contribution in [-0.4, -0.2) is 67.2 Å². The Morgan fingerprint density at radius 1 is 1.25 bits per heavy atom. The molecule has 2 atom stereocenters. The lowest BCUT2D eigenvalue weighted by atomic mass is 10.1. The van der Waals surface area contributed by atoms with E-state index in [0.717, 1.165) is 58.3 Å². The molecule has 0 spiro atoms. The molecule has 24 heavy (non-hydrogen) atoms. The van der Waals surface area contributed by atoms with Crippen LogP contribution in [0, 0.1) is 0 Å². The minimum Gasteiger partial charge on any atom is -0.373 e. The monoisotopic (exact) mass is 330 g/mol. The van der Waals surface area contributed by atoms with Gasteiger partial charge in [0.05, 0.1) is 18.8 Å². The minimum absolute atomic E-state index is 0.285. The Morgan fingerprint density at radius 2 is 2.08 bits per heavy atom. The lowest BCUT2D eigenvalue weighted by Crippen LogP contribution is -2.50. The van der Waals surface area contributed by atoms with Crippen LogP contribution in [0.4, 0.5) is 0 Å². The van der Waals surface area contributed by atoms with Crippen molar-refractivity contribution < 1.29 is 4.74 Å². The Kier molecular flexibility index (Phi) is 6.10. The predicted molar refractivity (Wildman–Crippen MR) is 98.2 cm³/mol. The first-order valence-electron chi connectivity index (χ1n) is 9.24. The van der Waals surface area contributed by atoms with Gasteiger partial charge in [0.1, 0.15) is 0 Å². The minimum atomic E-state index is 0.285. The highest BCUT2D eigenvalue weighted by atomic mass is 16.5. The van der Waals surface area contributed by atoms with E-state index in [-0.39, 0.29) is 6.10 Å². The number of fused-ring (bicyclic) bond motifs is 1. The number of hydrogen-bond donors (Lipinski definition) is 1. The van der Waals surface area contributed by atoms with Gasteiger partial charge in [0.25, 0.3) is 0 Å². The van der Waals surface area contributed by atoms with Crippen molar-refractivity contribution >= 4 is 5.96 Å². The Labute approximate surface area is 145 Å². The maximum Gasteiger partial charge on any atom is 0.194 e. The van der Waals surface area contributed by atoms with Crippen LogP contribution in [0.3, 0.4) is 0 Å². The first-order chi connectivity index (χ1) is 11.8. The number of nitrogens with zero attached hydrogens (tertiary/aromatic N) is 3.